The first-order chi connectivity index (χ1) is 13.0. The van der Waals surface area contributed by atoms with Gasteiger partial charge in [0.05, 0.1) is 0 Å². The Morgan fingerprint density at radius 1 is 1.22 bits per heavy atom. The van der Waals surface area contributed by atoms with Crippen molar-refractivity contribution < 1.29 is 19.7 Å². The van der Waals surface area contributed by atoms with Crippen LogP contribution in [0.5, 0.6) is 17.2 Å². The third-order valence-corrected chi connectivity index (χ3v) is 5.07. The number of allylic oxidation sites excluding steroid dienone is 1. The van der Waals surface area contributed by atoms with Gasteiger partial charge < -0.3 is 19.5 Å². The number of halogens is 1. The molecule has 0 unspecified atom stereocenters. The number of fused-ring (bicyclic) bond motifs is 2. The Kier molecular flexibility index (Phi) is 4.32. The molecular formula is C21H18ClNO4. The summed E-state index contributed by atoms with van der Waals surface area (Å²) in [5.41, 5.74) is 3.03. The van der Waals surface area contributed by atoms with Crippen molar-refractivity contribution in [3.05, 3.63) is 59.0 Å². The van der Waals surface area contributed by atoms with E-state index in [0.717, 1.165) is 41.2 Å². The molecule has 0 atom stereocenters. The van der Waals surface area contributed by atoms with Crippen LogP contribution < -0.4 is 4.74 Å². The third kappa shape index (κ3) is 2.84. The maximum absolute atomic E-state index is 12.7. The molecule has 0 fully saturated rings. The molecule has 1 aromatic heterocycles. The number of carbonyl (C=O) groups is 1. The molecule has 1 aliphatic heterocycles. The first-order valence-electron chi connectivity index (χ1n) is 8.65. The normalized spacial score (nSPS) is 14.7. The molecule has 0 bridgehead atoms. The number of aromatic nitrogens is 1. The fourth-order valence-electron chi connectivity index (χ4n) is 3.56. The fraction of sp³-hybridized carbons (Fsp3) is 0.190. The van der Waals surface area contributed by atoms with Crippen molar-refractivity contribution in [3.8, 4) is 17.2 Å². The minimum atomic E-state index is -0.403. The zero-order valence-electron chi connectivity index (χ0n) is 14.7. The van der Waals surface area contributed by atoms with Gasteiger partial charge in [-0.15, -0.1) is 11.6 Å². The molecule has 4 rings (SSSR count). The third-order valence-electron chi connectivity index (χ3n) is 4.81. The van der Waals surface area contributed by atoms with Crippen LogP contribution in [0.3, 0.4) is 0 Å². The average Bonchev–Trinajstić information content (AvgIpc) is 3.09. The lowest BCUT2D eigenvalue weighted by Crippen LogP contribution is -2.02. The molecule has 5 nitrogen and oxygen atoms in total. The number of alkyl halides is 1. The molecule has 0 amide bonds. The smallest absolute Gasteiger partial charge is 0.235 e. The molecule has 0 spiro atoms. The Morgan fingerprint density at radius 3 is 2.78 bits per heavy atom. The number of Topliss-reactive ketones (excluding diaryl/α,β-unsaturated/α-hetero) is 1. The summed E-state index contributed by atoms with van der Waals surface area (Å²) in [5, 5.41) is 20.6. The predicted molar refractivity (Wildman–Crippen MR) is 105 cm³/mol. The van der Waals surface area contributed by atoms with Crippen LogP contribution in [-0.2, 0) is 6.54 Å². The lowest BCUT2D eigenvalue weighted by Gasteiger charge is -2.06. The van der Waals surface area contributed by atoms with Crippen LogP contribution in [0.4, 0.5) is 0 Å². The van der Waals surface area contributed by atoms with E-state index < -0.39 is 5.78 Å². The second kappa shape index (κ2) is 6.67. The molecule has 138 valence electrons. The Labute approximate surface area is 161 Å². The molecule has 27 heavy (non-hydrogen) atoms. The van der Waals surface area contributed by atoms with E-state index in [2.05, 4.69) is 4.57 Å². The summed E-state index contributed by atoms with van der Waals surface area (Å²) < 4.78 is 7.82. The number of rotatable bonds is 4. The van der Waals surface area contributed by atoms with Gasteiger partial charge in [-0.1, -0.05) is 18.2 Å². The van der Waals surface area contributed by atoms with Crippen LogP contribution in [0.1, 0.15) is 28.0 Å². The number of nitrogens with zero attached hydrogens (tertiary/aromatic N) is 1. The van der Waals surface area contributed by atoms with Crippen LogP contribution in [0, 0.1) is 6.92 Å². The number of carbonyl (C=O) groups excluding carboxylic acids is 1. The Bertz CT molecular complexity index is 1100. The quantitative estimate of drug-likeness (QED) is 0.510. The number of ether oxygens (including phenoxy) is 1. The van der Waals surface area contributed by atoms with Crippen molar-refractivity contribution in [1.29, 1.82) is 0 Å². The monoisotopic (exact) mass is 383 g/mol. The number of benzene rings is 2. The molecule has 6 heteroatoms. The van der Waals surface area contributed by atoms with Crippen LogP contribution in [0.15, 0.2) is 42.2 Å². The standard InChI is InChI=1S/C21H18ClNO4/c1-12-15(14-5-2-3-6-16(14)23(12)8-4-7-22)11-19-21(26)20-17(25)9-13(24)10-18(20)27-19/h2-3,5-6,9-11,24-25H,4,7-8H2,1H3. The van der Waals surface area contributed by atoms with Gasteiger partial charge in [0.25, 0.3) is 0 Å². The summed E-state index contributed by atoms with van der Waals surface area (Å²) in [4.78, 5) is 12.7. The van der Waals surface area contributed by atoms with Crippen molar-refractivity contribution >= 4 is 34.4 Å². The van der Waals surface area contributed by atoms with E-state index in [4.69, 9.17) is 16.3 Å². The predicted octanol–water partition coefficient (Wildman–Crippen LogP) is 4.61. The zero-order valence-corrected chi connectivity index (χ0v) is 15.5. The van der Waals surface area contributed by atoms with Gasteiger partial charge in [-0.3, -0.25) is 4.79 Å². The minimum Gasteiger partial charge on any atom is -0.508 e. The molecule has 2 aromatic carbocycles. The highest BCUT2D eigenvalue weighted by Crippen LogP contribution is 2.41. The van der Waals surface area contributed by atoms with Gasteiger partial charge in [0.1, 0.15) is 22.8 Å². The zero-order chi connectivity index (χ0) is 19.1. The van der Waals surface area contributed by atoms with E-state index in [1.165, 1.54) is 6.07 Å². The number of aromatic hydroxyl groups is 2. The SMILES string of the molecule is Cc1c(C=C2Oc3cc(O)cc(O)c3C2=O)c2ccccc2n1CCCCl. The highest BCUT2D eigenvalue weighted by atomic mass is 35.5. The van der Waals surface area contributed by atoms with Gasteiger partial charge in [-0.2, -0.15) is 0 Å². The number of hydrogen-bond donors (Lipinski definition) is 2. The topological polar surface area (TPSA) is 71.7 Å². The van der Waals surface area contributed by atoms with Crippen molar-refractivity contribution in [2.45, 2.75) is 19.9 Å². The molecule has 3 aromatic rings. The molecule has 2 N–H and O–H groups in total. The maximum atomic E-state index is 12.7. The van der Waals surface area contributed by atoms with Gasteiger partial charge in [-0.05, 0) is 25.5 Å². The number of ketones is 1. The molecule has 0 radical (unpaired) electrons. The van der Waals surface area contributed by atoms with Gasteiger partial charge in [0, 0.05) is 46.7 Å². The van der Waals surface area contributed by atoms with Gasteiger partial charge in [-0.25, -0.2) is 0 Å². The van der Waals surface area contributed by atoms with Crippen LogP contribution in [0.2, 0.25) is 0 Å². The summed E-state index contributed by atoms with van der Waals surface area (Å²) >= 11 is 5.86. The van der Waals surface area contributed by atoms with E-state index in [1.54, 1.807) is 6.08 Å². The van der Waals surface area contributed by atoms with Gasteiger partial charge in [0.2, 0.25) is 5.78 Å². The molecular weight excluding hydrogens is 366 g/mol. The minimum absolute atomic E-state index is 0.0718. The lowest BCUT2D eigenvalue weighted by atomic mass is 10.1. The molecule has 0 aliphatic carbocycles. The van der Waals surface area contributed by atoms with Crippen LogP contribution >= 0.6 is 11.6 Å². The number of phenols is 2. The highest BCUT2D eigenvalue weighted by molar-refractivity contribution is 6.18. The number of phenolic OH excluding ortho intramolecular Hbond substituents is 2. The summed E-state index contributed by atoms with van der Waals surface area (Å²) in [6.45, 7) is 2.78. The number of hydrogen-bond acceptors (Lipinski definition) is 4. The summed E-state index contributed by atoms with van der Waals surface area (Å²) in [5.74, 6) is -0.00275. The first-order valence-corrected chi connectivity index (χ1v) is 9.18. The largest absolute Gasteiger partial charge is 0.508 e. The number of para-hydroxylation sites is 1. The van der Waals surface area contributed by atoms with Crippen molar-refractivity contribution in [2.24, 2.45) is 0 Å². The van der Waals surface area contributed by atoms with Crippen molar-refractivity contribution in [3.63, 3.8) is 0 Å². The first kappa shape index (κ1) is 17.5. The molecule has 0 saturated heterocycles. The van der Waals surface area contributed by atoms with Crippen molar-refractivity contribution in [1.82, 2.24) is 4.57 Å². The van der Waals surface area contributed by atoms with Crippen LogP contribution in [-0.4, -0.2) is 26.4 Å². The Hall–Kier alpha value is -2.92. The molecule has 0 saturated carbocycles. The summed E-state index contributed by atoms with van der Waals surface area (Å²) in [6, 6.07) is 10.4. The van der Waals surface area contributed by atoms with E-state index in [9.17, 15) is 15.0 Å². The Morgan fingerprint density at radius 2 is 2.00 bits per heavy atom. The summed E-state index contributed by atoms with van der Waals surface area (Å²) in [7, 11) is 0. The van der Waals surface area contributed by atoms with Crippen molar-refractivity contribution in [2.75, 3.05) is 5.88 Å². The lowest BCUT2D eigenvalue weighted by molar-refractivity contribution is 0.101. The second-order valence-corrected chi connectivity index (χ2v) is 6.87. The summed E-state index contributed by atoms with van der Waals surface area (Å²) in [6.07, 6.45) is 2.54. The van der Waals surface area contributed by atoms with Gasteiger partial charge in [0.15, 0.2) is 5.76 Å². The van der Waals surface area contributed by atoms with Gasteiger partial charge >= 0.3 is 0 Å². The van der Waals surface area contributed by atoms with E-state index in [0.29, 0.717) is 5.88 Å². The molecule has 2 heterocycles. The Balaban J connectivity index is 1.84. The van der Waals surface area contributed by atoms with E-state index in [-0.39, 0.29) is 28.6 Å². The fourth-order valence-corrected chi connectivity index (χ4v) is 3.67. The molecule has 1 aliphatic rings. The van der Waals surface area contributed by atoms with E-state index in [1.807, 2.05) is 31.2 Å². The highest BCUT2D eigenvalue weighted by Gasteiger charge is 2.31. The van der Waals surface area contributed by atoms with E-state index >= 15 is 0 Å². The second-order valence-electron chi connectivity index (χ2n) is 6.49. The number of aryl methyl sites for hydroxylation is 1. The maximum Gasteiger partial charge on any atom is 0.235 e. The van der Waals surface area contributed by atoms with Crippen LogP contribution in [0.25, 0.3) is 17.0 Å². The average molecular weight is 384 g/mol.